The van der Waals surface area contributed by atoms with Crippen molar-refractivity contribution in [1.82, 2.24) is 0 Å². The zero-order valence-electron chi connectivity index (χ0n) is 11.4. The molecule has 0 heterocycles. The van der Waals surface area contributed by atoms with Gasteiger partial charge < -0.3 is 9.47 Å². The smallest absolute Gasteiger partial charge is 0.161 e. The molecule has 2 aromatic rings. The van der Waals surface area contributed by atoms with E-state index in [1.165, 1.54) is 5.56 Å². The average molecular weight is 244 g/mol. The lowest BCUT2D eigenvalue weighted by Crippen LogP contribution is -1.90. The first-order valence-electron chi connectivity index (χ1n) is 6.12. The first-order valence-corrected chi connectivity index (χ1v) is 6.12. The Morgan fingerprint density at radius 3 is 1.83 bits per heavy atom. The lowest BCUT2D eigenvalue weighted by molar-refractivity contribution is 0.355. The lowest BCUT2D eigenvalue weighted by Gasteiger charge is -2.09. The number of ether oxygens (including phenoxy) is 2. The van der Waals surface area contributed by atoms with Crippen LogP contribution in [0.2, 0.25) is 0 Å². The molecule has 0 amide bonds. The van der Waals surface area contributed by atoms with Crippen molar-refractivity contribution in [3.63, 3.8) is 0 Å². The van der Waals surface area contributed by atoms with Gasteiger partial charge in [0.1, 0.15) is 0 Å². The van der Waals surface area contributed by atoms with Gasteiger partial charge in [-0.2, -0.15) is 0 Å². The van der Waals surface area contributed by atoms with Gasteiger partial charge in [-0.15, -0.1) is 0 Å². The second-order valence-electron chi connectivity index (χ2n) is 3.44. The van der Waals surface area contributed by atoms with Gasteiger partial charge in [0.2, 0.25) is 0 Å². The summed E-state index contributed by atoms with van der Waals surface area (Å²) in [6, 6.07) is 16.1. The molecule has 0 N–H and O–H groups in total. The zero-order valence-corrected chi connectivity index (χ0v) is 11.4. The summed E-state index contributed by atoms with van der Waals surface area (Å²) in [6.07, 6.45) is 0. The second kappa shape index (κ2) is 7.38. The largest absolute Gasteiger partial charge is 0.493 e. The maximum absolute atomic E-state index is 5.27. The number of methoxy groups -OCH3 is 2. The molecule has 0 fully saturated rings. The zero-order chi connectivity index (χ0) is 13.4. The van der Waals surface area contributed by atoms with Crippen molar-refractivity contribution in [2.75, 3.05) is 14.2 Å². The highest BCUT2D eigenvalue weighted by Gasteiger charge is 2.05. The summed E-state index contributed by atoms with van der Waals surface area (Å²) in [7, 11) is 3.28. The Morgan fingerprint density at radius 1 is 0.667 bits per heavy atom. The molecule has 0 unspecified atom stereocenters. The molecule has 0 radical (unpaired) electrons. The van der Waals surface area contributed by atoms with Crippen LogP contribution in [0.15, 0.2) is 48.5 Å². The maximum atomic E-state index is 5.27. The quantitative estimate of drug-likeness (QED) is 0.796. The third-order valence-electron chi connectivity index (χ3n) is 2.49. The average Bonchev–Trinajstić information content (AvgIpc) is 2.49. The molecule has 0 atom stereocenters. The summed E-state index contributed by atoms with van der Waals surface area (Å²) in [5, 5.41) is 0. The Bertz CT molecular complexity index is 464. The van der Waals surface area contributed by atoms with Crippen LogP contribution >= 0.6 is 0 Å². The summed E-state index contributed by atoms with van der Waals surface area (Å²) < 4.78 is 10.5. The molecule has 0 aliphatic heterocycles. The predicted octanol–water partition coefficient (Wildman–Crippen LogP) is 4.40. The summed E-state index contributed by atoms with van der Waals surface area (Å²) in [5.74, 6) is 1.51. The highest BCUT2D eigenvalue weighted by Crippen LogP contribution is 2.31. The van der Waals surface area contributed by atoms with Crippen LogP contribution < -0.4 is 9.47 Å². The number of hydrogen-bond donors (Lipinski definition) is 0. The third kappa shape index (κ3) is 3.27. The fraction of sp³-hybridized carbons (Fsp3) is 0.250. The summed E-state index contributed by atoms with van der Waals surface area (Å²) >= 11 is 0. The van der Waals surface area contributed by atoms with E-state index in [-0.39, 0.29) is 0 Å². The van der Waals surface area contributed by atoms with Crippen molar-refractivity contribution in [3.05, 3.63) is 48.5 Å². The Kier molecular flexibility index (Phi) is 5.78. The van der Waals surface area contributed by atoms with Gasteiger partial charge in [-0.3, -0.25) is 0 Å². The topological polar surface area (TPSA) is 18.5 Å². The van der Waals surface area contributed by atoms with Gasteiger partial charge in [-0.1, -0.05) is 50.2 Å². The highest BCUT2D eigenvalue weighted by atomic mass is 16.5. The van der Waals surface area contributed by atoms with Crippen LogP contribution in [0.25, 0.3) is 11.1 Å². The molecule has 96 valence electrons. The van der Waals surface area contributed by atoms with Crippen LogP contribution in [0.3, 0.4) is 0 Å². The van der Waals surface area contributed by atoms with Crippen molar-refractivity contribution < 1.29 is 9.47 Å². The summed E-state index contributed by atoms with van der Waals surface area (Å²) in [4.78, 5) is 0. The summed E-state index contributed by atoms with van der Waals surface area (Å²) in [5.41, 5.74) is 2.29. The van der Waals surface area contributed by atoms with Gasteiger partial charge in [0, 0.05) is 0 Å². The lowest BCUT2D eigenvalue weighted by atomic mass is 10.1. The monoisotopic (exact) mass is 244 g/mol. The van der Waals surface area contributed by atoms with Crippen molar-refractivity contribution in [1.29, 1.82) is 0 Å². The van der Waals surface area contributed by atoms with E-state index in [1.807, 2.05) is 50.2 Å². The molecule has 2 nitrogen and oxygen atoms in total. The molecule has 0 saturated heterocycles. The maximum Gasteiger partial charge on any atom is 0.161 e. The van der Waals surface area contributed by atoms with Gasteiger partial charge in [-0.05, 0) is 23.3 Å². The number of benzene rings is 2. The molecule has 0 spiro atoms. The van der Waals surface area contributed by atoms with E-state index in [9.17, 15) is 0 Å². The standard InChI is InChI=1S/C14H14O2.C2H6/c1-15-13-9-8-12(10-14(13)16-2)11-6-4-3-5-7-11;1-2/h3-10H,1-2H3;1-2H3. The highest BCUT2D eigenvalue weighted by molar-refractivity contribution is 5.67. The van der Waals surface area contributed by atoms with Gasteiger partial charge in [0.05, 0.1) is 14.2 Å². The predicted molar refractivity (Wildman–Crippen MR) is 76.3 cm³/mol. The molecule has 0 saturated carbocycles. The van der Waals surface area contributed by atoms with E-state index in [0.717, 1.165) is 17.1 Å². The Hall–Kier alpha value is -1.96. The van der Waals surface area contributed by atoms with Crippen LogP contribution in [0.1, 0.15) is 13.8 Å². The molecule has 0 aliphatic carbocycles. The molecule has 0 aromatic heterocycles. The van der Waals surface area contributed by atoms with Gasteiger partial charge in [0.15, 0.2) is 11.5 Å². The van der Waals surface area contributed by atoms with E-state index in [1.54, 1.807) is 14.2 Å². The van der Waals surface area contributed by atoms with E-state index >= 15 is 0 Å². The van der Waals surface area contributed by atoms with Crippen LogP contribution in [0, 0.1) is 0 Å². The molecule has 0 bridgehead atoms. The van der Waals surface area contributed by atoms with Crippen molar-refractivity contribution in [2.45, 2.75) is 13.8 Å². The van der Waals surface area contributed by atoms with Crippen LogP contribution in [-0.4, -0.2) is 14.2 Å². The number of hydrogen-bond acceptors (Lipinski definition) is 2. The van der Waals surface area contributed by atoms with Crippen LogP contribution in [0.4, 0.5) is 0 Å². The molecule has 2 heteroatoms. The Balaban J connectivity index is 0.000000771. The third-order valence-corrected chi connectivity index (χ3v) is 2.49. The Labute approximate surface area is 109 Å². The molecular weight excluding hydrogens is 224 g/mol. The first kappa shape index (κ1) is 14.1. The second-order valence-corrected chi connectivity index (χ2v) is 3.44. The molecule has 2 aromatic carbocycles. The SMILES string of the molecule is CC.COc1ccc(-c2ccccc2)cc1OC. The minimum absolute atomic E-state index is 0.752. The van der Waals surface area contributed by atoms with Gasteiger partial charge in [0.25, 0.3) is 0 Å². The van der Waals surface area contributed by atoms with Gasteiger partial charge >= 0.3 is 0 Å². The van der Waals surface area contributed by atoms with E-state index < -0.39 is 0 Å². The fourth-order valence-electron chi connectivity index (χ4n) is 1.65. The fourth-order valence-corrected chi connectivity index (χ4v) is 1.65. The van der Waals surface area contributed by atoms with Crippen molar-refractivity contribution >= 4 is 0 Å². The Morgan fingerprint density at radius 2 is 1.28 bits per heavy atom. The van der Waals surface area contributed by atoms with E-state index in [4.69, 9.17) is 9.47 Å². The minimum atomic E-state index is 0.752. The molecule has 18 heavy (non-hydrogen) atoms. The molecular formula is C16H20O2. The van der Waals surface area contributed by atoms with Crippen molar-refractivity contribution in [2.24, 2.45) is 0 Å². The van der Waals surface area contributed by atoms with Crippen LogP contribution in [-0.2, 0) is 0 Å². The normalized spacial score (nSPS) is 9.11. The van der Waals surface area contributed by atoms with Gasteiger partial charge in [-0.25, -0.2) is 0 Å². The first-order chi connectivity index (χ1) is 8.85. The van der Waals surface area contributed by atoms with Crippen LogP contribution in [0.5, 0.6) is 11.5 Å². The van der Waals surface area contributed by atoms with E-state index in [2.05, 4.69) is 12.1 Å². The molecule has 2 rings (SSSR count). The van der Waals surface area contributed by atoms with E-state index in [0.29, 0.717) is 0 Å². The number of rotatable bonds is 3. The summed E-state index contributed by atoms with van der Waals surface area (Å²) in [6.45, 7) is 4.00. The minimum Gasteiger partial charge on any atom is -0.493 e. The molecule has 0 aliphatic rings. The van der Waals surface area contributed by atoms with Crippen molar-refractivity contribution in [3.8, 4) is 22.6 Å².